The summed E-state index contributed by atoms with van der Waals surface area (Å²) in [6.07, 6.45) is 0. The molecule has 1 aromatic heterocycles. The predicted molar refractivity (Wildman–Crippen MR) is 92.3 cm³/mol. The summed E-state index contributed by atoms with van der Waals surface area (Å²) in [5.41, 5.74) is 3.86. The maximum Gasteiger partial charge on any atom is 0.197 e. The van der Waals surface area contributed by atoms with E-state index < -0.39 is 0 Å². The van der Waals surface area contributed by atoms with Gasteiger partial charge in [0.1, 0.15) is 0 Å². The minimum Gasteiger partial charge on any atom is -0.288 e. The van der Waals surface area contributed by atoms with E-state index in [1.54, 1.807) is 0 Å². The van der Waals surface area contributed by atoms with Gasteiger partial charge >= 0.3 is 0 Å². The highest BCUT2D eigenvalue weighted by molar-refractivity contribution is 7.72. The van der Waals surface area contributed by atoms with Crippen molar-refractivity contribution in [3.63, 3.8) is 0 Å². The van der Waals surface area contributed by atoms with Crippen LogP contribution in [0.15, 0.2) is 54.6 Å². The van der Waals surface area contributed by atoms with Gasteiger partial charge < -0.3 is 0 Å². The Hall–Kier alpha value is -1.98. The fraction of sp³-hybridized carbons (Fsp3) is 0.176. The lowest BCUT2D eigenvalue weighted by molar-refractivity contribution is 0.475. The molecule has 4 rings (SSSR count). The molecule has 2 heterocycles. The predicted octanol–water partition coefficient (Wildman–Crippen LogP) is 4.01. The number of fused-ring (bicyclic) bond motifs is 2. The van der Waals surface area contributed by atoms with Gasteiger partial charge in [-0.05, 0) is 41.1 Å². The van der Waals surface area contributed by atoms with Crippen molar-refractivity contribution >= 4 is 24.4 Å². The third-order valence-electron chi connectivity index (χ3n) is 4.14. The van der Waals surface area contributed by atoms with Crippen LogP contribution in [0.5, 0.6) is 0 Å². The second-order valence-electron chi connectivity index (χ2n) is 5.52. The summed E-state index contributed by atoms with van der Waals surface area (Å²) in [6.45, 7) is 2.31. The van der Waals surface area contributed by atoms with Gasteiger partial charge in [0.15, 0.2) is 9.54 Å². The Morgan fingerprint density at radius 3 is 1.77 bits per heavy atom. The molecule has 0 N–H and O–H groups in total. The van der Waals surface area contributed by atoms with Crippen LogP contribution in [0, 0.1) is 9.54 Å². The maximum atomic E-state index is 5.67. The molecule has 0 spiro atoms. The van der Waals surface area contributed by atoms with Crippen LogP contribution in [0.3, 0.4) is 0 Å². The van der Waals surface area contributed by atoms with Gasteiger partial charge in [-0.25, -0.2) is 0 Å². The minimum atomic E-state index is 0.724. The molecule has 1 aliphatic heterocycles. The van der Waals surface area contributed by atoms with Gasteiger partial charge in [0, 0.05) is 0 Å². The van der Waals surface area contributed by atoms with E-state index in [1.165, 1.54) is 16.7 Å². The van der Waals surface area contributed by atoms with E-state index in [9.17, 15) is 0 Å². The number of aromatic nitrogens is 3. The molecule has 3 aromatic rings. The summed E-state index contributed by atoms with van der Waals surface area (Å²) >= 11 is 11.3. The number of rotatable bonds is 2. The Balaban J connectivity index is 1.80. The highest BCUT2D eigenvalue weighted by Crippen LogP contribution is 2.20. The van der Waals surface area contributed by atoms with Crippen molar-refractivity contribution in [1.82, 2.24) is 13.9 Å². The number of nitrogens with zero attached hydrogens (tertiary/aromatic N) is 3. The summed E-state index contributed by atoms with van der Waals surface area (Å²) < 4.78 is 7.87. The second-order valence-corrected chi connectivity index (χ2v) is 6.25. The molecule has 0 aliphatic carbocycles. The molecule has 22 heavy (non-hydrogen) atoms. The fourth-order valence-electron chi connectivity index (χ4n) is 2.96. The Bertz CT molecular complexity index is 892. The van der Waals surface area contributed by atoms with E-state index in [-0.39, 0.29) is 0 Å². The molecule has 0 saturated heterocycles. The molecule has 0 atom stereocenters. The molecule has 0 amide bonds. The molecule has 0 saturated carbocycles. The lowest BCUT2D eigenvalue weighted by atomic mass is 10.1. The van der Waals surface area contributed by atoms with Crippen LogP contribution < -0.4 is 0 Å². The average molecular weight is 325 g/mol. The van der Waals surface area contributed by atoms with Crippen LogP contribution >= 0.6 is 24.4 Å². The van der Waals surface area contributed by atoms with Gasteiger partial charge in [-0.3, -0.25) is 13.9 Å². The highest BCUT2D eigenvalue weighted by atomic mass is 32.1. The van der Waals surface area contributed by atoms with Crippen molar-refractivity contribution in [3.05, 3.63) is 80.8 Å². The molecule has 3 nitrogen and oxygen atoms in total. The molecular formula is C17H15N3S2. The van der Waals surface area contributed by atoms with Gasteiger partial charge in [0.05, 0.1) is 19.6 Å². The topological polar surface area (TPSA) is 14.8 Å². The zero-order valence-corrected chi connectivity index (χ0v) is 13.6. The third kappa shape index (κ3) is 2.17. The van der Waals surface area contributed by atoms with Gasteiger partial charge in [0.2, 0.25) is 0 Å². The minimum absolute atomic E-state index is 0.724. The lowest BCUT2D eigenvalue weighted by Crippen LogP contribution is -2.21. The molecule has 0 radical (unpaired) electrons. The normalized spacial score (nSPS) is 12.7. The molecular weight excluding hydrogens is 310 g/mol. The van der Waals surface area contributed by atoms with Crippen LogP contribution in [0.4, 0.5) is 0 Å². The maximum absolute atomic E-state index is 5.67. The van der Waals surface area contributed by atoms with Crippen molar-refractivity contribution in [2.24, 2.45) is 0 Å². The summed E-state index contributed by atoms with van der Waals surface area (Å²) in [5, 5.41) is 0. The van der Waals surface area contributed by atoms with E-state index in [4.69, 9.17) is 24.4 Å². The first-order valence-electron chi connectivity index (χ1n) is 7.25. The van der Waals surface area contributed by atoms with Crippen molar-refractivity contribution < 1.29 is 0 Å². The van der Waals surface area contributed by atoms with Crippen LogP contribution in [0.2, 0.25) is 0 Å². The monoisotopic (exact) mass is 325 g/mol. The van der Waals surface area contributed by atoms with Gasteiger partial charge in [-0.2, -0.15) is 0 Å². The van der Waals surface area contributed by atoms with Crippen LogP contribution in [-0.4, -0.2) is 13.9 Å². The molecule has 0 unspecified atom stereocenters. The Morgan fingerprint density at radius 2 is 1.23 bits per heavy atom. The average Bonchev–Trinajstić information content (AvgIpc) is 2.79. The number of hydrogen-bond acceptors (Lipinski definition) is 2. The van der Waals surface area contributed by atoms with Crippen LogP contribution in [0.1, 0.15) is 16.7 Å². The molecule has 5 heteroatoms. The summed E-state index contributed by atoms with van der Waals surface area (Å²) in [6, 6.07) is 18.8. The van der Waals surface area contributed by atoms with E-state index >= 15 is 0 Å². The van der Waals surface area contributed by atoms with Crippen LogP contribution in [0.25, 0.3) is 0 Å². The van der Waals surface area contributed by atoms with Gasteiger partial charge in [0.25, 0.3) is 0 Å². The Kier molecular flexibility index (Phi) is 3.32. The van der Waals surface area contributed by atoms with E-state index in [0.717, 1.165) is 29.2 Å². The third-order valence-corrected chi connectivity index (χ3v) is 5.00. The van der Waals surface area contributed by atoms with Crippen molar-refractivity contribution in [2.45, 2.75) is 19.6 Å². The standard InChI is InChI=1S/C17H15N3S2/c21-16-18(10-13-6-2-1-3-7-13)17(22)20-12-15-9-5-4-8-14(15)11-19(16)20/h1-9H,10-12H2. The number of hydrogen-bond donors (Lipinski definition) is 0. The zero-order chi connectivity index (χ0) is 15.1. The Labute approximate surface area is 139 Å². The number of benzene rings is 2. The summed E-state index contributed by atoms with van der Waals surface area (Å²) in [7, 11) is 0. The van der Waals surface area contributed by atoms with Crippen molar-refractivity contribution in [3.8, 4) is 0 Å². The first kappa shape index (κ1) is 13.7. The van der Waals surface area contributed by atoms with Crippen molar-refractivity contribution in [2.75, 3.05) is 0 Å². The smallest absolute Gasteiger partial charge is 0.197 e. The van der Waals surface area contributed by atoms with E-state index in [0.29, 0.717) is 0 Å². The second kappa shape index (κ2) is 5.34. The van der Waals surface area contributed by atoms with Gasteiger partial charge in [-0.15, -0.1) is 0 Å². The first-order valence-corrected chi connectivity index (χ1v) is 8.07. The van der Waals surface area contributed by atoms with E-state index in [2.05, 4.69) is 45.8 Å². The van der Waals surface area contributed by atoms with Crippen LogP contribution in [-0.2, 0) is 19.6 Å². The van der Waals surface area contributed by atoms with Crippen molar-refractivity contribution in [1.29, 1.82) is 0 Å². The highest BCUT2D eigenvalue weighted by Gasteiger charge is 2.18. The molecule has 0 fully saturated rings. The first-order chi connectivity index (χ1) is 10.7. The largest absolute Gasteiger partial charge is 0.288 e. The van der Waals surface area contributed by atoms with Gasteiger partial charge in [-0.1, -0.05) is 54.6 Å². The summed E-state index contributed by atoms with van der Waals surface area (Å²) in [5.74, 6) is 0. The molecule has 2 aromatic carbocycles. The molecule has 1 aliphatic rings. The molecule has 0 bridgehead atoms. The van der Waals surface area contributed by atoms with E-state index in [1.807, 2.05) is 22.8 Å². The fourth-order valence-corrected chi connectivity index (χ4v) is 3.65. The zero-order valence-electron chi connectivity index (χ0n) is 12.0. The molecule has 110 valence electrons. The lowest BCUT2D eigenvalue weighted by Gasteiger charge is -2.20. The Morgan fingerprint density at radius 1 is 0.727 bits per heavy atom. The SMILES string of the molecule is S=c1n(Cc2ccccc2)c(=S)n2n1Cc1ccccc1C2. The quantitative estimate of drug-likeness (QED) is 0.517. The summed E-state index contributed by atoms with van der Waals surface area (Å²) in [4.78, 5) is 0.